The maximum atomic E-state index is 10.9. The van der Waals surface area contributed by atoms with Gasteiger partial charge < -0.3 is 14.9 Å². The molecule has 0 bridgehead atoms. The van der Waals surface area contributed by atoms with Crippen LogP contribution in [0.3, 0.4) is 0 Å². The molecule has 2 aromatic rings. The summed E-state index contributed by atoms with van der Waals surface area (Å²) in [6.07, 6.45) is 4.59. The van der Waals surface area contributed by atoms with Crippen LogP contribution in [0.1, 0.15) is 28.7 Å². The fraction of sp³-hybridized carbons (Fsp3) is 0.133. The molecular weight excluding hydrogens is 352 g/mol. The highest BCUT2D eigenvalue weighted by Gasteiger charge is 2.08. The van der Waals surface area contributed by atoms with Gasteiger partial charge in [-0.25, -0.2) is 14.8 Å². The van der Waals surface area contributed by atoms with Crippen molar-refractivity contribution in [1.82, 2.24) is 9.97 Å². The predicted octanol–water partition coefficient (Wildman–Crippen LogP) is 3.21. The third kappa shape index (κ3) is 3.82. The van der Waals surface area contributed by atoms with E-state index in [-0.39, 0.29) is 11.4 Å². The second-order valence-corrected chi connectivity index (χ2v) is 5.10. The van der Waals surface area contributed by atoms with E-state index in [1.807, 2.05) is 6.92 Å². The normalized spacial score (nSPS) is 10.8. The number of ether oxygens (including phenoxy) is 1. The van der Waals surface area contributed by atoms with E-state index in [1.165, 1.54) is 12.4 Å². The molecule has 0 unspecified atom stereocenters. The van der Waals surface area contributed by atoms with Crippen molar-refractivity contribution in [2.24, 2.45) is 0 Å². The van der Waals surface area contributed by atoms with Crippen LogP contribution in [0.15, 0.2) is 29.0 Å². The van der Waals surface area contributed by atoms with Crippen LogP contribution < -0.4 is 4.74 Å². The fourth-order valence-electron chi connectivity index (χ4n) is 1.72. The lowest BCUT2D eigenvalue weighted by Crippen LogP contribution is -2.00. The third-order valence-electron chi connectivity index (χ3n) is 2.70. The molecule has 0 radical (unpaired) electrons. The van der Waals surface area contributed by atoms with Gasteiger partial charge in [0.1, 0.15) is 6.33 Å². The largest absolute Gasteiger partial charge is 0.503 e. The summed E-state index contributed by atoms with van der Waals surface area (Å²) in [5.74, 6) is -0.706. The molecule has 1 aromatic carbocycles. The molecule has 6 nitrogen and oxygen atoms in total. The van der Waals surface area contributed by atoms with Gasteiger partial charge in [-0.05, 0) is 52.7 Å². The number of rotatable bonds is 5. The molecule has 1 heterocycles. The average Bonchev–Trinajstić information content (AvgIpc) is 2.50. The Morgan fingerprint density at radius 2 is 2.09 bits per heavy atom. The molecule has 0 saturated carbocycles. The smallest absolute Gasteiger partial charge is 0.354 e. The van der Waals surface area contributed by atoms with E-state index in [0.717, 1.165) is 5.56 Å². The fourth-order valence-corrected chi connectivity index (χ4v) is 2.18. The van der Waals surface area contributed by atoms with Crippen molar-refractivity contribution in [1.29, 1.82) is 0 Å². The first-order chi connectivity index (χ1) is 10.5. The van der Waals surface area contributed by atoms with E-state index in [9.17, 15) is 9.90 Å². The maximum Gasteiger partial charge on any atom is 0.354 e. The second-order valence-electron chi connectivity index (χ2n) is 4.25. The number of carbonyl (C=O) groups is 1. The predicted molar refractivity (Wildman–Crippen MR) is 84.9 cm³/mol. The van der Waals surface area contributed by atoms with Crippen molar-refractivity contribution < 1.29 is 19.7 Å². The molecule has 7 heteroatoms. The van der Waals surface area contributed by atoms with E-state index >= 15 is 0 Å². The first-order valence-electron chi connectivity index (χ1n) is 6.40. The van der Waals surface area contributed by atoms with Crippen LogP contribution in [0.2, 0.25) is 0 Å². The minimum atomic E-state index is -1.11. The number of nitrogens with zero attached hydrogens (tertiary/aromatic N) is 2. The minimum absolute atomic E-state index is 0.0363. The molecular formula is C15H13BrN2O4. The van der Waals surface area contributed by atoms with Crippen molar-refractivity contribution in [2.75, 3.05) is 6.61 Å². The molecule has 0 amide bonds. The molecule has 0 spiro atoms. The van der Waals surface area contributed by atoms with E-state index < -0.39 is 5.97 Å². The zero-order valence-corrected chi connectivity index (χ0v) is 13.2. The minimum Gasteiger partial charge on any atom is -0.503 e. The van der Waals surface area contributed by atoms with Crippen molar-refractivity contribution in [3.05, 3.63) is 46.0 Å². The van der Waals surface area contributed by atoms with Crippen LogP contribution in [0.25, 0.3) is 12.2 Å². The van der Waals surface area contributed by atoms with E-state index in [0.29, 0.717) is 22.5 Å². The number of aromatic carboxylic acids is 1. The van der Waals surface area contributed by atoms with Crippen molar-refractivity contribution >= 4 is 34.1 Å². The van der Waals surface area contributed by atoms with Crippen LogP contribution in [0.5, 0.6) is 11.5 Å². The summed E-state index contributed by atoms with van der Waals surface area (Å²) in [6, 6.07) is 4.77. The number of carboxylic acid groups (broad SMARTS) is 1. The molecule has 2 N–H and O–H groups in total. The molecule has 0 saturated heterocycles. The lowest BCUT2D eigenvalue weighted by Gasteiger charge is -2.08. The molecule has 0 aliphatic rings. The van der Waals surface area contributed by atoms with Gasteiger partial charge in [-0.15, -0.1) is 0 Å². The summed E-state index contributed by atoms with van der Waals surface area (Å²) in [6.45, 7) is 2.26. The Balaban J connectivity index is 2.30. The van der Waals surface area contributed by atoms with E-state index in [1.54, 1.807) is 24.3 Å². The maximum absolute atomic E-state index is 10.9. The van der Waals surface area contributed by atoms with Crippen LogP contribution in [0, 0.1) is 0 Å². The number of halogens is 1. The first-order valence-corrected chi connectivity index (χ1v) is 7.19. The summed E-state index contributed by atoms with van der Waals surface area (Å²) in [7, 11) is 0. The zero-order valence-electron chi connectivity index (χ0n) is 11.7. The van der Waals surface area contributed by atoms with Crippen molar-refractivity contribution in [2.45, 2.75) is 6.92 Å². The standard InChI is InChI=1S/C15H13BrN2O4/c1-2-22-13-6-9(5-11(16)14(13)19)3-4-10-7-12(15(20)21)18-8-17-10/h3-8,19H,2H2,1H3,(H,20,21). The lowest BCUT2D eigenvalue weighted by atomic mass is 10.1. The van der Waals surface area contributed by atoms with Gasteiger partial charge in [-0.3, -0.25) is 0 Å². The third-order valence-corrected chi connectivity index (χ3v) is 3.31. The summed E-state index contributed by atoms with van der Waals surface area (Å²) < 4.78 is 5.85. The Morgan fingerprint density at radius 1 is 1.32 bits per heavy atom. The lowest BCUT2D eigenvalue weighted by molar-refractivity contribution is 0.0690. The summed E-state index contributed by atoms with van der Waals surface area (Å²) in [5.41, 5.74) is 1.16. The van der Waals surface area contributed by atoms with Gasteiger partial charge in [-0.2, -0.15) is 0 Å². The Hall–Kier alpha value is -2.41. The van der Waals surface area contributed by atoms with Crippen molar-refractivity contribution in [3.63, 3.8) is 0 Å². The van der Waals surface area contributed by atoms with E-state index in [4.69, 9.17) is 9.84 Å². The number of hydrogen-bond acceptors (Lipinski definition) is 5. The quantitative estimate of drug-likeness (QED) is 0.845. The highest BCUT2D eigenvalue weighted by atomic mass is 79.9. The monoisotopic (exact) mass is 364 g/mol. The molecule has 114 valence electrons. The van der Waals surface area contributed by atoms with Gasteiger partial charge in [0, 0.05) is 0 Å². The number of hydrogen-bond donors (Lipinski definition) is 2. The number of aromatic nitrogens is 2. The topological polar surface area (TPSA) is 92.5 Å². The zero-order chi connectivity index (χ0) is 16.1. The molecule has 0 atom stereocenters. The Morgan fingerprint density at radius 3 is 2.77 bits per heavy atom. The van der Waals surface area contributed by atoms with Crippen LogP contribution >= 0.6 is 15.9 Å². The molecule has 2 rings (SSSR count). The summed E-state index contributed by atoms with van der Waals surface area (Å²) in [4.78, 5) is 18.5. The molecule has 0 fully saturated rings. The molecule has 0 aliphatic heterocycles. The SMILES string of the molecule is CCOc1cc(C=Cc2cc(C(=O)O)ncn2)cc(Br)c1O. The van der Waals surface area contributed by atoms with Crippen LogP contribution in [-0.4, -0.2) is 32.8 Å². The first kappa shape index (κ1) is 16.0. The highest BCUT2D eigenvalue weighted by Crippen LogP contribution is 2.35. The summed E-state index contributed by atoms with van der Waals surface area (Å²) in [5, 5.41) is 18.7. The number of phenolic OH excluding ortho intramolecular Hbond substituents is 1. The van der Waals surface area contributed by atoms with Gasteiger partial charge in [0.05, 0.1) is 16.8 Å². The molecule has 0 aliphatic carbocycles. The second kappa shape index (κ2) is 7.04. The highest BCUT2D eigenvalue weighted by molar-refractivity contribution is 9.10. The summed E-state index contributed by atoms with van der Waals surface area (Å²) >= 11 is 3.26. The van der Waals surface area contributed by atoms with Crippen LogP contribution in [-0.2, 0) is 0 Å². The number of aromatic hydroxyl groups is 1. The van der Waals surface area contributed by atoms with Crippen LogP contribution in [0.4, 0.5) is 0 Å². The Kier molecular flexibility index (Phi) is 5.11. The average molecular weight is 365 g/mol. The van der Waals surface area contributed by atoms with Gasteiger partial charge in [0.15, 0.2) is 17.2 Å². The van der Waals surface area contributed by atoms with Crippen molar-refractivity contribution in [3.8, 4) is 11.5 Å². The number of phenols is 1. The van der Waals surface area contributed by atoms with Gasteiger partial charge in [-0.1, -0.05) is 6.08 Å². The Bertz CT molecular complexity index is 731. The molecule has 1 aromatic heterocycles. The van der Waals surface area contributed by atoms with Gasteiger partial charge in [0.2, 0.25) is 0 Å². The number of benzene rings is 1. The molecule has 22 heavy (non-hydrogen) atoms. The van der Waals surface area contributed by atoms with Gasteiger partial charge in [0.25, 0.3) is 0 Å². The van der Waals surface area contributed by atoms with Gasteiger partial charge >= 0.3 is 5.97 Å². The van der Waals surface area contributed by atoms with E-state index in [2.05, 4.69) is 25.9 Å². The Labute approximate surface area is 135 Å². The number of carboxylic acids is 1.